The lowest BCUT2D eigenvalue weighted by atomic mass is 9.88. The predicted octanol–water partition coefficient (Wildman–Crippen LogP) is 1.49. The van der Waals surface area contributed by atoms with E-state index in [1.807, 2.05) is 49.3 Å². The van der Waals surface area contributed by atoms with Crippen molar-refractivity contribution in [3.05, 3.63) is 35.9 Å². The lowest BCUT2D eigenvalue weighted by molar-refractivity contribution is -0.135. The topological polar surface area (TPSA) is 52.6 Å². The Balaban J connectivity index is 1.46. The third kappa shape index (κ3) is 3.96. The van der Waals surface area contributed by atoms with Crippen molar-refractivity contribution in [3.63, 3.8) is 0 Å². The van der Waals surface area contributed by atoms with E-state index >= 15 is 0 Å². The summed E-state index contributed by atoms with van der Waals surface area (Å²) in [6.45, 7) is 1.86. The molecule has 1 saturated heterocycles. The van der Waals surface area contributed by atoms with Crippen molar-refractivity contribution in [2.75, 3.05) is 27.2 Å². The summed E-state index contributed by atoms with van der Waals surface area (Å²) >= 11 is 0. The fourth-order valence-corrected chi connectivity index (χ4v) is 4.06. The molecule has 1 heterocycles. The Morgan fingerprint density at radius 3 is 2.71 bits per heavy atom. The molecule has 0 aromatic heterocycles. The van der Waals surface area contributed by atoms with E-state index in [9.17, 15) is 9.59 Å². The van der Waals surface area contributed by atoms with E-state index in [4.69, 9.17) is 0 Å². The van der Waals surface area contributed by atoms with Crippen LogP contribution in [-0.2, 0) is 16.1 Å². The molecule has 0 radical (unpaired) electrons. The molecule has 1 aromatic carbocycles. The monoisotopic (exact) mass is 329 g/mol. The second kappa shape index (κ2) is 7.34. The van der Waals surface area contributed by atoms with Crippen molar-refractivity contribution in [2.24, 2.45) is 11.8 Å². The molecule has 3 rings (SSSR count). The third-order valence-electron chi connectivity index (χ3n) is 5.54. The van der Waals surface area contributed by atoms with Gasteiger partial charge in [-0.25, -0.2) is 0 Å². The summed E-state index contributed by atoms with van der Waals surface area (Å²) in [6, 6.07) is 10.4. The van der Waals surface area contributed by atoms with Crippen LogP contribution in [-0.4, -0.2) is 54.8 Å². The molecule has 1 aliphatic heterocycles. The Hall–Kier alpha value is -1.88. The first kappa shape index (κ1) is 17.0. The van der Waals surface area contributed by atoms with E-state index in [2.05, 4.69) is 10.2 Å². The lowest BCUT2D eigenvalue weighted by Crippen LogP contribution is -2.40. The van der Waals surface area contributed by atoms with Gasteiger partial charge in [-0.1, -0.05) is 30.3 Å². The summed E-state index contributed by atoms with van der Waals surface area (Å²) in [5, 5.41) is 2.99. The number of benzene rings is 1. The average Bonchev–Trinajstić information content (AvgIpc) is 2.97. The molecule has 0 unspecified atom stereocenters. The summed E-state index contributed by atoms with van der Waals surface area (Å²) in [5.41, 5.74) is 1.11. The maximum Gasteiger partial charge on any atom is 0.234 e. The van der Waals surface area contributed by atoms with Crippen molar-refractivity contribution in [1.82, 2.24) is 15.1 Å². The predicted molar refractivity (Wildman–Crippen MR) is 93.2 cm³/mol. The molecular weight excluding hydrogens is 302 g/mol. The van der Waals surface area contributed by atoms with Gasteiger partial charge in [0, 0.05) is 32.6 Å². The maximum atomic E-state index is 12.2. The smallest absolute Gasteiger partial charge is 0.234 e. The molecule has 2 amide bonds. The third-order valence-corrected chi connectivity index (χ3v) is 5.54. The number of likely N-dealkylation sites (tertiary alicyclic amines) is 1. The first-order valence-electron chi connectivity index (χ1n) is 8.77. The minimum atomic E-state index is 0.0596. The van der Waals surface area contributed by atoms with Crippen LogP contribution in [0.3, 0.4) is 0 Å². The van der Waals surface area contributed by atoms with Crippen LogP contribution in [0.15, 0.2) is 30.3 Å². The van der Waals surface area contributed by atoms with Crippen molar-refractivity contribution < 1.29 is 9.59 Å². The fraction of sp³-hybridized carbons (Fsp3) is 0.579. The largest absolute Gasteiger partial charge is 0.351 e. The van der Waals surface area contributed by atoms with Crippen molar-refractivity contribution >= 4 is 11.8 Å². The molecule has 2 fully saturated rings. The molecule has 5 heteroatoms. The van der Waals surface area contributed by atoms with Crippen LogP contribution in [0.1, 0.15) is 24.8 Å². The van der Waals surface area contributed by atoms with Crippen molar-refractivity contribution in [1.29, 1.82) is 0 Å². The Morgan fingerprint density at radius 2 is 1.96 bits per heavy atom. The molecule has 24 heavy (non-hydrogen) atoms. The molecule has 5 nitrogen and oxygen atoms in total. The van der Waals surface area contributed by atoms with Gasteiger partial charge in [-0.15, -0.1) is 0 Å². The summed E-state index contributed by atoms with van der Waals surface area (Å²) in [7, 11) is 3.92. The maximum absolute atomic E-state index is 12.2. The number of piperidine rings is 1. The number of rotatable bonds is 5. The molecule has 1 N–H and O–H groups in total. The van der Waals surface area contributed by atoms with Crippen LogP contribution >= 0.6 is 0 Å². The van der Waals surface area contributed by atoms with E-state index in [0.29, 0.717) is 37.4 Å². The highest BCUT2D eigenvalue weighted by atomic mass is 16.2. The number of hydrogen-bond acceptors (Lipinski definition) is 3. The Labute approximate surface area is 144 Å². The van der Waals surface area contributed by atoms with E-state index in [-0.39, 0.29) is 11.8 Å². The Kier molecular flexibility index (Phi) is 5.19. The quantitative estimate of drug-likeness (QED) is 0.890. The number of hydrogen-bond donors (Lipinski definition) is 1. The van der Waals surface area contributed by atoms with E-state index in [1.165, 1.54) is 0 Å². The summed E-state index contributed by atoms with van der Waals surface area (Å²) < 4.78 is 0. The van der Waals surface area contributed by atoms with E-state index < -0.39 is 0 Å². The summed E-state index contributed by atoms with van der Waals surface area (Å²) in [6.07, 6.45) is 2.79. The van der Waals surface area contributed by atoms with Crippen LogP contribution < -0.4 is 5.32 Å². The number of fused-ring (bicyclic) bond motifs is 1. The summed E-state index contributed by atoms with van der Waals surface area (Å²) in [5.74, 6) is 1.41. The second-order valence-corrected chi connectivity index (χ2v) is 7.30. The highest BCUT2D eigenvalue weighted by Gasteiger charge is 2.41. The van der Waals surface area contributed by atoms with Gasteiger partial charge in [0.25, 0.3) is 0 Å². The van der Waals surface area contributed by atoms with Crippen LogP contribution in [0.2, 0.25) is 0 Å². The number of nitrogens with one attached hydrogen (secondary N) is 1. The van der Waals surface area contributed by atoms with Crippen LogP contribution in [0.4, 0.5) is 0 Å². The molecule has 0 spiro atoms. The number of likely N-dealkylation sites (N-methyl/N-ethyl adjacent to an activating group) is 1. The average molecular weight is 329 g/mol. The molecule has 1 aliphatic carbocycles. The van der Waals surface area contributed by atoms with Gasteiger partial charge >= 0.3 is 0 Å². The van der Waals surface area contributed by atoms with Crippen molar-refractivity contribution in [2.45, 2.75) is 31.8 Å². The lowest BCUT2D eigenvalue weighted by Gasteiger charge is -2.31. The zero-order valence-electron chi connectivity index (χ0n) is 14.6. The number of carbonyl (C=O) groups excluding carboxylic acids is 2. The summed E-state index contributed by atoms with van der Waals surface area (Å²) in [4.78, 5) is 28.1. The second-order valence-electron chi connectivity index (χ2n) is 7.30. The van der Waals surface area contributed by atoms with Gasteiger partial charge in [0.1, 0.15) is 0 Å². The number of nitrogens with zero attached hydrogens (tertiary/aromatic N) is 2. The SMILES string of the molecule is CN1C[C@H]2C[C@@H](N(C)CC(=O)NCc3ccccc3)C[C@H]2CC1=O. The fourth-order valence-electron chi connectivity index (χ4n) is 4.06. The Morgan fingerprint density at radius 1 is 1.25 bits per heavy atom. The zero-order valence-corrected chi connectivity index (χ0v) is 14.6. The van der Waals surface area contributed by atoms with Gasteiger partial charge in [0.2, 0.25) is 11.8 Å². The molecule has 130 valence electrons. The van der Waals surface area contributed by atoms with Gasteiger partial charge in [0.15, 0.2) is 0 Å². The standard InChI is InChI=1S/C19H27N3O2/c1-21(13-18(23)20-11-14-6-4-3-5-7-14)17-8-15-10-19(24)22(2)12-16(15)9-17/h3-7,15-17H,8-13H2,1-2H3,(H,20,23)/t15-,16+,17-/m0/s1. The molecule has 1 aromatic rings. The number of carbonyl (C=O) groups is 2. The Bertz CT molecular complexity index is 590. The molecule has 2 aliphatic rings. The van der Waals surface area contributed by atoms with Crippen LogP contribution in [0.25, 0.3) is 0 Å². The molecular formula is C19H27N3O2. The molecule has 3 atom stereocenters. The molecule has 0 bridgehead atoms. The van der Waals surface area contributed by atoms with Gasteiger partial charge in [-0.3, -0.25) is 14.5 Å². The highest BCUT2D eigenvalue weighted by molar-refractivity contribution is 5.78. The molecule has 1 saturated carbocycles. The highest BCUT2D eigenvalue weighted by Crippen LogP contribution is 2.39. The van der Waals surface area contributed by atoms with Gasteiger partial charge in [-0.05, 0) is 37.3 Å². The number of amides is 2. The van der Waals surface area contributed by atoms with E-state index in [1.54, 1.807) is 0 Å². The van der Waals surface area contributed by atoms with Gasteiger partial charge in [0.05, 0.1) is 6.54 Å². The van der Waals surface area contributed by atoms with Gasteiger partial charge < -0.3 is 10.2 Å². The first-order chi connectivity index (χ1) is 11.5. The van der Waals surface area contributed by atoms with Crippen LogP contribution in [0.5, 0.6) is 0 Å². The van der Waals surface area contributed by atoms with Crippen molar-refractivity contribution in [3.8, 4) is 0 Å². The normalized spacial score (nSPS) is 26.5. The van der Waals surface area contributed by atoms with Crippen LogP contribution in [0, 0.1) is 11.8 Å². The van der Waals surface area contributed by atoms with E-state index in [0.717, 1.165) is 24.9 Å². The minimum Gasteiger partial charge on any atom is -0.351 e. The minimum absolute atomic E-state index is 0.0596. The zero-order chi connectivity index (χ0) is 17.1. The first-order valence-corrected chi connectivity index (χ1v) is 8.77. The van der Waals surface area contributed by atoms with Gasteiger partial charge in [-0.2, -0.15) is 0 Å².